The van der Waals surface area contributed by atoms with Crippen LogP contribution in [0, 0.1) is 6.92 Å². The van der Waals surface area contributed by atoms with Gasteiger partial charge < -0.3 is 0 Å². The molecule has 0 aliphatic heterocycles. The maximum atomic E-state index is 12.2. The van der Waals surface area contributed by atoms with Gasteiger partial charge in [-0.1, -0.05) is 47.0 Å². The summed E-state index contributed by atoms with van der Waals surface area (Å²) in [4.78, 5) is 6.83. The van der Waals surface area contributed by atoms with Crippen LogP contribution >= 0.6 is 34.5 Å². The van der Waals surface area contributed by atoms with Crippen LogP contribution in [0.25, 0.3) is 11.3 Å². The molecule has 5 nitrogen and oxygen atoms in total. The molecule has 0 spiro atoms. The molecule has 3 rings (SSSR count). The number of hydrazine groups is 1. The number of aryl methyl sites for hydroxylation is 1. The molecule has 0 bridgehead atoms. The summed E-state index contributed by atoms with van der Waals surface area (Å²) in [6.45, 7) is 1.89. The van der Waals surface area contributed by atoms with Gasteiger partial charge in [0.15, 0.2) is 5.13 Å². The second kappa shape index (κ2) is 7.31. The van der Waals surface area contributed by atoms with Crippen LogP contribution in [-0.2, 0) is 10.0 Å². The van der Waals surface area contributed by atoms with Crippen LogP contribution in [0.2, 0.25) is 10.0 Å². The first-order valence-electron chi connectivity index (χ1n) is 7.10. The Bertz CT molecular complexity index is 1000. The number of hydrogen-bond donors (Lipinski definition) is 2. The number of benzene rings is 2. The van der Waals surface area contributed by atoms with Crippen molar-refractivity contribution in [2.75, 3.05) is 5.43 Å². The van der Waals surface area contributed by atoms with Crippen molar-refractivity contribution in [3.63, 3.8) is 0 Å². The van der Waals surface area contributed by atoms with Crippen molar-refractivity contribution in [1.82, 2.24) is 9.82 Å². The molecule has 0 radical (unpaired) electrons. The SMILES string of the molecule is Cc1ccc(S(=O)(=O)NNc2nc(-c3ccc(Cl)c(Cl)c3)cs2)cc1. The molecule has 0 aliphatic rings. The van der Waals surface area contributed by atoms with Gasteiger partial charge in [0.25, 0.3) is 10.0 Å². The quantitative estimate of drug-likeness (QED) is 0.592. The Morgan fingerprint density at radius 3 is 2.44 bits per heavy atom. The number of rotatable bonds is 5. The Hall–Kier alpha value is -1.64. The molecule has 1 heterocycles. The minimum atomic E-state index is -3.68. The summed E-state index contributed by atoms with van der Waals surface area (Å²) in [6.07, 6.45) is 0. The predicted octanol–water partition coefficient (Wildman–Crippen LogP) is 4.73. The third kappa shape index (κ3) is 4.31. The maximum Gasteiger partial charge on any atom is 0.257 e. The van der Waals surface area contributed by atoms with Gasteiger partial charge in [-0.25, -0.2) is 13.4 Å². The van der Waals surface area contributed by atoms with E-state index < -0.39 is 10.0 Å². The highest BCUT2D eigenvalue weighted by molar-refractivity contribution is 7.89. The van der Waals surface area contributed by atoms with Crippen LogP contribution in [0.5, 0.6) is 0 Å². The molecular weight excluding hydrogens is 401 g/mol. The molecule has 3 aromatic rings. The molecule has 130 valence electrons. The van der Waals surface area contributed by atoms with Crippen LogP contribution in [0.3, 0.4) is 0 Å². The third-order valence-electron chi connectivity index (χ3n) is 3.34. The molecule has 25 heavy (non-hydrogen) atoms. The van der Waals surface area contributed by atoms with Crippen LogP contribution in [0.4, 0.5) is 5.13 Å². The van der Waals surface area contributed by atoms with E-state index in [0.29, 0.717) is 20.9 Å². The van der Waals surface area contributed by atoms with Crippen molar-refractivity contribution >= 4 is 49.7 Å². The lowest BCUT2D eigenvalue weighted by atomic mass is 10.2. The Labute approximate surface area is 159 Å². The largest absolute Gasteiger partial charge is 0.283 e. The maximum absolute atomic E-state index is 12.2. The highest BCUT2D eigenvalue weighted by Gasteiger charge is 2.14. The minimum absolute atomic E-state index is 0.173. The minimum Gasteiger partial charge on any atom is -0.283 e. The Balaban J connectivity index is 1.73. The highest BCUT2D eigenvalue weighted by Crippen LogP contribution is 2.30. The lowest BCUT2D eigenvalue weighted by Crippen LogP contribution is -2.29. The molecule has 0 aliphatic carbocycles. The molecule has 9 heteroatoms. The summed E-state index contributed by atoms with van der Waals surface area (Å²) < 4.78 is 24.5. The van der Waals surface area contributed by atoms with E-state index in [1.165, 1.54) is 11.3 Å². The number of halogens is 2. The van der Waals surface area contributed by atoms with E-state index in [-0.39, 0.29) is 4.90 Å². The summed E-state index contributed by atoms with van der Waals surface area (Å²) in [6, 6.07) is 11.7. The number of nitrogens with zero attached hydrogens (tertiary/aromatic N) is 1. The molecule has 0 atom stereocenters. The number of anilines is 1. The van der Waals surface area contributed by atoms with Gasteiger partial charge in [0.1, 0.15) is 0 Å². The normalized spacial score (nSPS) is 11.5. The zero-order chi connectivity index (χ0) is 18.0. The first kappa shape index (κ1) is 18.2. The van der Waals surface area contributed by atoms with Crippen LogP contribution in [0.1, 0.15) is 5.56 Å². The monoisotopic (exact) mass is 413 g/mol. The van der Waals surface area contributed by atoms with Crippen molar-refractivity contribution in [1.29, 1.82) is 0 Å². The Kier molecular flexibility index (Phi) is 5.31. The van der Waals surface area contributed by atoms with Crippen LogP contribution in [-0.4, -0.2) is 13.4 Å². The van der Waals surface area contributed by atoms with Crippen molar-refractivity contribution < 1.29 is 8.42 Å². The highest BCUT2D eigenvalue weighted by atomic mass is 35.5. The Morgan fingerprint density at radius 2 is 1.76 bits per heavy atom. The second-order valence-corrected chi connectivity index (χ2v) is 8.57. The molecule has 0 unspecified atom stereocenters. The summed E-state index contributed by atoms with van der Waals surface area (Å²) >= 11 is 13.2. The van der Waals surface area contributed by atoms with Gasteiger partial charge in [0.05, 0.1) is 20.6 Å². The van der Waals surface area contributed by atoms with Crippen molar-refractivity contribution in [3.8, 4) is 11.3 Å². The van der Waals surface area contributed by atoms with E-state index in [1.54, 1.807) is 47.8 Å². The molecule has 2 N–H and O–H groups in total. The zero-order valence-electron chi connectivity index (χ0n) is 13.0. The second-order valence-electron chi connectivity index (χ2n) is 5.21. The van der Waals surface area contributed by atoms with Gasteiger partial charge in [0, 0.05) is 10.9 Å². The van der Waals surface area contributed by atoms with Crippen LogP contribution < -0.4 is 10.3 Å². The fraction of sp³-hybridized carbons (Fsp3) is 0.0625. The topological polar surface area (TPSA) is 71.1 Å². The third-order valence-corrected chi connectivity index (χ3v) is 6.10. The van der Waals surface area contributed by atoms with Crippen molar-refractivity contribution in [3.05, 3.63) is 63.5 Å². The molecule has 0 fully saturated rings. The van der Waals surface area contributed by atoms with Crippen molar-refractivity contribution in [2.45, 2.75) is 11.8 Å². The summed E-state index contributed by atoms with van der Waals surface area (Å²) in [5, 5.41) is 3.10. The van der Waals surface area contributed by atoms with Crippen LogP contribution in [0.15, 0.2) is 52.7 Å². The van der Waals surface area contributed by atoms with E-state index >= 15 is 0 Å². The van der Waals surface area contributed by atoms with Gasteiger partial charge in [-0.3, -0.25) is 5.43 Å². The van der Waals surface area contributed by atoms with Gasteiger partial charge in [-0.2, -0.15) is 0 Å². The van der Waals surface area contributed by atoms with E-state index in [4.69, 9.17) is 23.2 Å². The van der Waals surface area contributed by atoms with E-state index in [2.05, 4.69) is 15.2 Å². The molecule has 2 aromatic carbocycles. The fourth-order valence-electron chi connectivity index (χ4n) is 2.01. The van der Waals surface area contributed by atoms with Gasteiger partial charge in [-0.15, -0.1) is 16.2 Å². The fourth-order valence-corrected chi connectivity index (χ4v) is 3.89. The van der Waals surface area contributed by atoms with E-state index in [1.807, 2.05) is 6.92 Å². The summed E-state index contributed by atoms with van der Waals surface area (Å²) in [5.74, 6) is 0. The summed E-state index contributed by atoms with van der Waals surface area (Å²) in [5.41, 5.74) is 5.07. The number of hydrogen-bond acceptors (Lipinski definition) is 5. The smallest absolute Gasteiger partial charge is 0.257 e. The first-order chi connectivity index (χ1) is 11.8. The number of thiazole rings is 1. The first-order valence-corrected chi connectivity index (χ1v) is 10.2. The standard InChI is InChI=1S/C16H13Cl2N3O2S2/c1-10-2-5-12(6-3-10)25(22,23)21-20-16-19-15(9-24-16)11-4-7-13(17)14(18)8-11/h2-9,21H,1H3,(H,19,20). The molecule has 1 aromatic heterocycles. The molecular formula is C16H13Cl2N3O2S2. The van der Waals surface area contributed by atoms with Crippen molar-refractivity contribution in [2.24, 2.45) is 0 Å². The predicted molar refractivity (Wildman–Crippen MR) is 103 cm³/mol. The average Bonchev–Trinajstić information content (AvgIpc) is 3.05. The molecule has 0 saturated carbocycles. The molecule has 0 amide bonds. The number of sulfonamides is 1. The lowest BCUT2D eigenvalue weighted by Gasteiger charge is -2.07. The van der Waals surface area contributed by atoms with E-state index in [0.717, 1.165) is 11.1 Å². The Morgan fingerprint density at radius 1 is 1.04 bits per heavy atom. The number of aromatic nitrogens is 1. The lowest BCUT2D eigenvalue weighted by molar-refractivity contribution is 0.587. The zero-order valence-corrected chi connectivity index (χ0v) is 16.1. The van der Waals surface area contributed by atoms with Gasteiger partial charge >= 0.3 is 0 Å². The van der Waals surface area contributed by atoms with E-state index in [9.17, 15) is 8.42 Å². The van der Waals surface area contributed by atoms with Gasteiger partial charge in [-0.05, 0) is 31.2 Å². The molecule has 0 saturated heterocycles. The van der Waals surface area contributed by atoms with Gasteiger partial charge in [0.2, 0.25) is 0 Å². The number of nitrogens with one attached hydrogen (secondary N) is 2. The summed E-state index contributed by atoms with van der Waals surface area (Å²) in [7, 11) is -3.68. The average molecular weight is 414 g/mol.